The van der Waals surface area contributed by atoms with Gasteiger partial charge < -0.3 is 9.88 Å². The summed E-state index contributed by atoms with van der Waals surface area (Å²) in [6.45, 7) is 5.21. The van der Waals surface area contributed by atoms with Crippen LogP contribution in [0.2, 0.25) is 0 Å². The number of likely N-dealkylation sites (tertiary alicyclic amines) is 1. The normalized spacial score (nSPS) is 15.8. The van der Waals surface area contributed by atoms with Gasteiger partial charge in [0.1, 0.15) is 5.82 Å². The lowest BCUT2D eigenvalue weighted by Gasteiger charge is -2.33. The van der Waals surface area contributed by atoms with Crippen molar-refractivity contribution < 1.29 is 0 Å². The van der Waals surface area contributed by atoms with Crippen molar-refractivity contribution in [1.82, 2.24) is 24.4 Å². The van der Waals surface area contributed by atoms with E-state index in [1.165, 1.54) is 11.1 Å². The standard InChI is InChI=1S/C27H30N6/c1-3-25(20-9-12-33(13-10-20)18-24-6-4-5-11-29-24)31-27-15-23-14-21(7-8-22(23)16-30-27)26-17-28-19-32(26)2/h3-8,11,14-17,19-20H,9-10,12-13,18H2,1-2H3,(H,30,31)/b25-3+. The monoisotopic (exact) mass is 438 g/mol. The third-order valence-electron chi connectivity index (χ3n) is 6.56. The summed E-state index contributed by atoms with van der Waals surface area (Å²) >= 11 is 0. The van der Waals surface area contributed by atoms with Gasteiger partial charge in [0.2, 0.25) is 0 Å². The summed E-state index contributed by atoms with van der Waals surface area (Å²) in [5, 5.41) is 5.93. The highest BCUT2D eigenvalue weighted by molar-refractivity contribution is 5.88. The molecule has 0 radical (unpaired) electrons. The highest BCUT2D eigenvalue weighted by Crippen LogP contribution is 2.29. The van der Waals surface area contributed by atoms with Crippen LogP contribution in [0.25, 0.3) is 22.0 Å². The van der Waals surface area contributed by atoms with Crippen LogP contribution in [0.1, 0.15) is 25.5 Å². The van der Waals surface area contributed by atoms with Gasteiger partial charge in [-0.2, -0.15) is 0 Å². The van der Waals surface area contributed by atoms with E-state index in [0.717, 1.165) is 60.6 Å². The lowest BCUT2D eigenvalue weighted by molar-refractivity contribution is 0.190. The lowest BCUT2D eigenvalue weighted by Crippen LogP contribution is -2.35. The third-order valence-corrected chi connectivity index (χ3v) is 6.56. The molecule has 0 saturated carbocycles. The number of anilines is 1. The van der Waals surface area contributed by atoms with Crippen LogP contribution in [-0.2, 0) is 13.6 Å². The zero-order valence-corrected chi connectivity index (χ0v) is 19.3. The maximum absolute atomic E-state index is 4.68. The summed E-state index contributed by atoms with van der Waals surface area (Å²) in [4.78, 5) is 15.9. The van der Waals surface area contributed by atoms with E-state index in [-0.39, 0.29) is 0 Å². The second kappa shape index (κ2) is 9.55. The number of nitrogens with one attached hydrogen (secondary N) is 1. The fourth-order valence-electron chi connectivity index (χ4n) is 4.68. The van der Waals surface area contributed by atoms with Gasteiger partial charge in [0.25, 0.3) is 0 Å². The molecule has 6 nitrogen and oxygen atoms in total. The molecule has 0 atom stereocenters. The fraction of sp³-hybridized carbons (Fsp3) is 0.296. The number of benzene rings is 1. The number of pyridine rings is 2. The lowest BCUT2D eigenvalue weighted by atomic mass is 9.93. The molecule has 0 unspecified atom stereocenters. The molecule has 0 amide bonds. The van der Waals surface area contributed by atoms with Crippen LogP contribution in [0.15, 0.2) is 79.2 Å². The van der Waals surface area contributed by atoms with E-state index in [2.05, 4.69) is 74.6 Å². The van der Waals surface area contributed by atoms with Crippen molar-refractivity contribution in [3.63, 3.8) is 0 Å². The molecule has 1 saturated heterocycles. The van der Waals surface area contributed by atoms with Gasteiger partial charge in [0.15, 0.2) is 0 Å². The Balaban J connectivity index is 1.26. The van der Waals surface area contributed by atoms with Crippen LogP contribution < -0.4 is 5.32 Å². The van der Waals surface area contributed by atoms with Crippen LogP contribution in [0.3, 0.4) is 0 Å². The molecule has 0 bridgehead atoms. The Labute approximate surface area is 195 Å². The minimum Gasteiger partial charge on any atom is -0.344 e. The topological polar surface area (TPSA) is 58.9 Å². The molecule has 0 spiro atoms. The van der Waals surface area contributed by atoms with Gasteiger partial charge in [-0.3, -0.25) is 9.88 Å². The largest absolute Gasteiger partial charge is 0.344 e. The number of allylic oxidation sites excluding steroid dienone is 2. The molecule has 4 aromatic rings. The first-order valence-electron chi connectivity index (χ1n) is 11.6. The first-order valence-corrected chi connectivity index (χ1v) is 11.6. The zero-order chi connectivity index (χ0) is 22.6. The highest BCUT2D eigenvalue weighted by Gasteiger charge is 2.22. The Morgan fingerprint density at radius 3 is 2.67 bits per heavy atom. The van der Waals surface area contributed by atoms with E-state index in [9.17, 15) is 0 Å². The number of piperidine rings is 1. The van der Waals surface area contributed by atoms with Gasteiger partial charge in [-0.25, -0.2) is 9.97 Å². The van der Waals surface area contributed by atoms with Crippen molar-refractivity contribution in [3.05, 3.63) is 84.8 Å². The Kier molecular flexibility index (Phi) is 6.17. The maximum Gasteiger partial charge on any atom is 0.130 e. The van der Waals surface area contributed by atoms with Crippen molar-refractivity contribution in [2.75, 3.05) is 18.4 Å². The molecule has 1 fully saturated rings. The number of nitrogens with zero attached hydrogens (tertiary/aromatic N) is 5. The molecule has 4 heterocycles. The van der Waals surface area contributed by atoms with Gasteiger partial charge in [0.05, 0.1) is 23.9 Å². The van der Waals surface area contributed by atoms with Gasteiger partial charge in [-0.15, -0.1) is 0 Å². The molecule has 0 aliphatic carbocycles. The highest BCUT2D eigenvalue weighted by atomic mass is 15.1. The van der Waals surface area contributed by atoms with Crippen LogP contribution in [0.5, 0.6) is 0 Å². The Hall–Kier alpha value is -3.51. The summed E-state index contributed by atoms with van der Waals surface area (Å²) < 4.78 is 2.04. The van der Waals surface area contributed by atoms with E-state index in [4.69, 9.17) is 0 Å². The number of fused-ring (bicyclic) bond motifs is 1. The first kappa shape index (κ1) is 21.3. The smallest absolute Gasteiger partial charge is 0.130 e. The second-order valence-corrected chi connectivity index (χ2v) is 8.76. The van der Waals surface area contributed by atoms with Gasteiger partial charge in [-0.1, -0.05) is 24.3 Å². The summed E-state index contributed by atoms with van der Waals surface area (Å²) in [5.41, 5.74) is 4.68. The number of imidazole rings is 1. The Morgan fingerprint density at radius 1 is 1.06 bits per heavy atom. The van der Waals surface area contributed by atoms with E-state index < -0.39 is 0 Å². The van der Waals surface area contributed by atoms with Crippen molar-refractivity contribution >= 4 is 16.6 Å². The van der Waals surface area contributed by atoms with E-state index in [1.54, 1.807) is 0 Å². The zero-order valence-electron chi connectivity index (χ0n) is 19.3. The van der Waals surface area contributed by atoms with Crippen molar-refractivity contribution in [1.29, 1.82) is 0 Å². The fourth-order valence-corrected chi connectivity index (χ4v) is 4.68. The molecular formula is C27H30N6. The van der Waals surface area contributed by atoms with Crippen LogP contribution in [-0.4, -0.2) is 37.5 Å². The average molecular weight is 439 g/mol. The average Bonchev–Trinajstić information content (AvgIpc) is 3.29. The van der Waals surface area contributed by atoms with Crippen molar-refractivity contribution in [3.8, 4) is 11.3 Å². The second-order valence-electron chi connectivity index (χ2n) is 8.76. The molecule has 33 heavy (non-hydrogen) atoms. The summed E-state index contributed by atoms with van der Waals surface area (Å²) in [6.07, 6.45) is 12.0. The molecular weight excluding hydrogens is 408 g/mol. The predicted octanol–water partition coefficient (Wildman–Crippen LogP) is 5.26. The molecule has 1 aliphatic heterocycles. The summed E-state index contributed by atoms with van der Waals surface area (Å²) in [7, 11) is 2.02. The first-order chi connectivity index (χ1) is 16.2. The molecule has 5 rings (SSSR count). The Morgan fingerprint density at radius 2 is 1.94 bits per heavy atom. The minimum absolute atomic E-state index is 0.522. The van der Waals surface area contributed by atoms with Crippen LogP contribution >= 0.6 is 0 Å². The maximum atomic E-state index is 4.68. The van der Waals surface area contributed by atoms with Crippen molar-refractivity contribution in [2.45, 2.75) is 26.3 Å². The SMILES string of the molecule is C/C=C(/Nc1cc2cc(-c3cncn3C)ccc2cn1)C1CCN(Cc2ccccn2)CC1. The quantitative estimate of drug-likeness (QED) is 0.445. The summed E-state index contributed by atoms with van der Waals surface area (Å²) in [5.74, 6) is 1.42. The summed E-state index contributed by atoms with van der Waals surface area (Å²) in [6, 6.07) is 14.8. The van der Waals surface area contributed by atoms with Gasteiger partial charge in [0, 0.05) is 48.6 Å². The number of aryl methyl sites for hydroxylation is 1. The van der Waals surface area contributed by atoms with E-state index in [1.807, 2.05) is 42.6 Å². The molecule has 6 heteroatoms. The van der Waals surface area contributed by atoms with Crippen LogP contribution in [0.4, 0.5) is 5.82 Å². The molecule has 1 N–H and O–H groups in total. The Bertz CT molecular complexity index is 1250. The van der Waals surface area contributed by atoms with E-state index >= 15 is 0 Å². The van der Waals surface area contributed by atoms with Crippen LogP contribution in [0, 0.1) is 5.92 Å². The van der Waals surface area contributed by atoms with Gasteiger partial charge in [-0.05, 0) is 62.5 Å². The molecule has 3 aromatic heterocycles. The molecule has 1 aliphatic rings. The third kappa shape index (κ3) is 4.81. The van der Waals surface area contributed by atoms with Crippen molar-refractivity contribution in [2.24, 2.45) is 13.0 Å². The molecule has 1 aromatic carbocycles. The van der Waals surface area contributed by atoms with Gasteiger partial charge >= 0.3 is 0 Å². The van der Waals surface area contributed by atoms with E-state index in [0.29, 0.717) is 5.92 Å². The number of hydrogen-bond donors (Lipinski definition) is 1. The molecule has 168 valence electrons. The number of aromatic nitrogens is 4. The number of hydrogen-bond acceptors (Lipinski definition) is 5. The minimum atomic E-state index is 0.522. The number of rotatable bonds is 6. The predicted molar refractivity (Wildman–Crippen MR) is 134 cm³/mol.